The zero-order valence-corrected chi connectivity index (χ0v) is 19.1. The molecule has 0 saturated carbocycles. The van der Waals surface area contributed by atoms with E-state index in [1.54, 1.807) is 25.1 Å². The Morgan fingerprint density at radius 3 is 2.50 bits per heavy atom. The Morgan fingerprint density at radius 1 is 1.03 bits per heavy atom. The lowest BCUT2D eigenvalue weighted by Crippen LogP contribution is -2.48. The van der Waals surface area contributed by atoms with E-state index < -0.39 is 12.0 Å². The van der Waals surface area contributed by atoms with Crippen LogP contribution in [0.3, 0.4) is 0 Å². The second kappa shape index (κ2) is 9.09. The summed E-state index contributed by atoms with van der Waals surface area (Å²) in [5.74, 6) is 1.22. The van der Waals surface area contributed by atoms with Crippen LogP contribution < -0.4 is 19.5 Å². The number of carbonyl (C=O) groups is 2. The summed E-state index contributed by atoms with van der Waals surface area (Å²) in [7, 11) is 3.34. The summed E-state index contributed by atoms with van der Waals surface area (Å²) in [6.07, 6.45) is -0.309. The van der Waals surface area contributed by atoms with Crippen molar-refractivity contribution in [3.8, 4) is 17.2 Å². The molecule has 0 radical (unpaired) electrons. The third kappa shape index (κ3) is 3.94. The van der Waals surface area contributed by atoms with Crippen LogP contribution in [0.1, 0.15) is 33.4 Å². The smallest absolute Gasteiger partial charge is 0.254 e. The van der Waals surface area contributed by atoms with Crippen LogP contribution in [-0.2, 0) is 4.79 Å². The number of benzene rings is 3. The minimum atomic E-state index is -0.580. The van der Waals surface area contributed by atoms with Gasteiger partial charge in [-0.15, -0.1) is 0 Å². The first-order valence-electron chi connectivity index (χ1n) is 11.2. The van der Waals surface area contributed by atoms with Crippen LogP contribution in [0.2, 0.25) is 0 Å². The number of para-hydroxylation sites is 2. The van der Waals surface area contributed by atoms with Gasteiger partial charge in [-0.25, -0.2) is 0 Å². The van der Waals surface area contributed by atoms with Gasteiger partial charge in [-0.05, 0) is 41.5 Å². The number of hydrogen-bond acceptors (Lipinski definition) is 5. The number of likely N-dealkylation sites (N-methyl/N-ethyl adjacent to an activating group) is 1. The molecule has 0 fully saturated rings. The highest BCUT2D eigenvalue weighted by Crippen LogP contribution is 2.42. The quantitative estimate of drug-likeness (QED) is 0.633. The molecule has 5 rings (SSSR count). The summed E-state index contributed by atoms with van der Waals surface area (Å²) in [5.41, 5.74) is 2.12. The van der Waals surface area contributed by atoms with Crippen molar-refractivity contribution < 1.29 is 23.8 Å². The van der Waals surface area contributed by atoms with Gasteiger partial charge in [0.15, 0.2) is 11.5 Å². The molecular weight excluding hydrogens is 432 g/mol. The molecule has 2 aliphatic heterocycles. The van der Waals surface area contributed by atoms with Crippen LogP contribution >= 0.6 is 0 Å². The van der Waals surface area contributed by atoms with Crippen molar-refractivity contribution in [2.24, 2.45) is 0 Å². The maximum Gasteiger partial charge on any atom is 0.254 e. The summed E-state index contributed by atoms with van der Waals surface area (Å²) in [6.45, 7) is 0.637. The first kappa shape index (κ1) is 21.8. The molecule has 2 heterocycles. The molecule has 0 saturated heterocycles. The molecule has 2 aliphatic rings. The maximum atomic E-state index is 13.6. The Balaban J connectivity index is 1.42. The SMILES string of the molecule is COc1ccc(C2C(C(=O)NCC3COc4ccccc4O3)c3ccccc3C(=O)N2C)cc1. The lowest BCUT2D eigenvalue weighted by molar-refractivity contribution is -0.124. The predicted molar refractivity (Wildman–Crippen MR) is 126 cm³/mol. The van der Waals surface area contributed by atoms with Crippen LogP contribution in [0.25, 0.3) is 0 Å². The van der Waals surface area contributed by atoms with Crippen molar-refractivity contribution in [2.75, 3.05) is 27.3 Å². The van der Waals surface area contributed by atoms with Crippen molar-refractivity contribution in [3.05, 3.63) is 89.5 Å². The van der Waals surface area contributed by atoms with E-state index in [1.165, 1.54) is 0 Å². The molecule has 2 amide bonds. The highest BCUT2D eigenvalue weighted by Gasteiger charge is 2.42. The Morgan fingerprint density at radius 2 is 1.74 bits per heavy atom. The van der Waals surface area contributed by atoms with Gasteiger partial charge in [0.2, 0.25) is 5.91 Å². The summed E-state index contributed by atoms with van der Waals surface area (Å²) in [5, 5.41) is 3.04. The lowest BCUT2D eigenvalue weighted by Gasteiger charge is -2.40. The van der Waals surface area contributed by atoms with Crippen molar-refractivity contribution in [1.82, 2.24) is 10.2 Å². The zero-order chi connectivity index (χ0) is 23.7. The number of fused-ring (bicyclic) bond motifs is 2. The zero-order valence-electron chi connectivity index (χ0n) is 19.1. The number of rotatable bonds is 5. The maximum absolute atomic E-state index is 13.6. The van der Waals surface area contributed by atoms with Crippen LogP contribution in [-0.4, -0.2) is 50.1 Å². The molecule has 7 heteroatoms. The third-order valence-electron chi connectivity index (χ3n) is 6.39. The second-order valence-electron chi connectivity index (χ2n) is 8.44. The summed E-state index contributed by atoms with van der Waals surface area (Å²) in [6, 6.07) is 21.8. The molecule has 3 aromatic carbocycles. The fourth-order valence-electron chi connectivity index (χ4n) is 4.66. The Bertz CT molecular complexity index is 1210. The normalized spacial score (nSPS) is 20.9. The number of carbonyl (C=O) groups excluding carboxylic acids is 2. The van der Waals surface area contributed by atoms with Gasteiger partial charge >= 0.3 is 0 Å². The topological polar surface area (TPSA) is 77.1 Å². The monoisotopic (exact) mass is 458 g/mol. The van der Waals surface area contributed by atoms with Gasteiger partial charge in [0.1, 0.15) is 18.5 Å². The highest BCUT2D eigenvalue weighted by molar-refractivity contribution is 6.01. The lowest BCUT2D eigenvalue weighted by atomic mass is 9.79. The summed E-state index contributed by atoms with van der Waals surface area (Å²) in [4.78, 5) is 28.4. The van der Waals surface area contributed by atoms with E-state index in [-0.39, 0.29) is 17.9 Å². The van der Waals surface area contributed by atoms with Gasteiger partial charge in [0, 0.05) is 12.6 Å². The van der Waals surface area contributed by atoms with Gasteiger partial charge in [-0.1, -0.05) is 42.5 Å². The van der Waals surface area contributed by atoms with E-state index in [0.29, 0.717) is 36.0 Å². The minimum Gasteiger partial charge on any atom is -0.497 e. The molecule has 0 aromatic heterocycles. The highest BCUT2D eigenvalue weighted by atomic mass is 16.6. The number of nitrogens with zero attached hydrogens (tertiary/aromatic N) is 1. The van der Waals surface area contributed by atoms with Crippen LogP contribution in [0.15, 0.2) is 72.8 Å². The average molecular weight is 459 g/mol. The fourth-order valence-corrected chi connectivity index (χ4v) is 4.66. The fraction of sp³-hybridized carbons (Fsp3) is 0.259. The molecule has 3 unspecified atom stereocenters. The number of nitrogens with one attached hydrogen (secondary N) is 1. The predicted octanol–water partition coefficient (Wildman–Crippen LogP) is 3.56. The van der Waals surface area contributed by atoms with E-state index in [2.05, 4.69) is 5.32 Å². The minimum absolute atomic E-state index is 0.110. The summed E-state index contributed by atoms with van der Waals surface area (Å²) >= 11 is 0. The largest absolute Gasteiger partial charge is 0.497 e. The van der Waals surface area contributed by atoms with Crippen molar-refractivity contribution in [2.45, 2.75) is 18.1 Å². The van der Waals surface area contributed by atoms with Gasteiger partial charge in [0.25, 0.3) is 5.91 Å². The third-order valence-corrected chi connectivity index (χ3v) is 6.39. The standard InChI is InChI=1S/C27H26N2O5/c1-29-25(17-11-13-18(32-2)14-12-17)24(20-7-3-4-8-21(20)27(29)31)26(30)28-15-19-16-33-22-9-5-6-10-23(22)34-19/h3-14,19,24-25H,15-16H2,1-2H3,(H,28,30). The van der Waals surface area contributed by atoms with Crippen LogP contribution in [0.4, 0.5) is 0 Å². The number of amides is 2. The molecule has 174 valence electrons. The van der Waals surface area contributed by atoms with E-state index in [9.17, 15) is 9.59 Å². The molecule has 3 aromatic rings. The van der Waals surface area contributed by atoms with Crippen LogP contribution in [0, 0.1) is 0 Å². The molecule has 0 aliphatic carbocycles. The molecular formula is C27H26N2O5. The Hall–Kier alpha value is -4.00. The van der Waals surface area contributed by atoms with Gasteiger partial charge < -0.3 is 24.4 Å². The van der Waals surface area contributed by atoms with Gasteiger partial charge in [-0.3, -0.25) is 9.59 Å². The van der Waals surface area contributed by atoms with Gasteiger partial charge in [-0.2, -0.15) is 0 Å². The number of ether oxygens (including phenoxy) is 3. The summed E-state index contributed by atoms with van der Waals surface area (Å²) < 4.78 is 17.0. The van der Waals surface area contributed by atoms with E-state index in [4.69, 9.17) is 14.2 Å². The first-order chi connectivity index (χ1) is 16.6. The van der Waals surface area contributed by atoms with Gasteiger partial charge in [0.05, 0.1) is 25.6 Å². The van der Waals surface area contributed by atoms with E-state index in [1.807, 2.05) is 66.7 Å². The molecule has 1 N–H and O–H groups in total. The van der Waals surface area contributed by atoms with E-state index in [0.717, 1.165) is 11.1 Å². The van der Waals surface area contributed by atoms with Crippen molar-refractivity contribution in [1.29, 1.82) is 0 Å². The van der Waals surface area contributed by atoms with Crippen molar-refractivity contribution >= 4 is 11.8 Å². The number of hydrogen-bond donors (Lipinski definition) is 1. The molecule has 34 heavy (non-hydrogen) atoms. The average Bonchev–Trinajstić information content (AvgIpc) is 2.89. The Labute approximate surface area is 198 Å². The number of methoxy groups -OCH3 is 1. The molecule has 7 nitrogen and oxygen atoms in total. The Kier molecular flexibility index (Phi) is 5.84. The molecule has 0 spiro atoms. The molecule has 3 atom stereocenters. The van der Waals surface area contributed by atoms with Crippen LogP contribution in [0.5, 0.6) is 17.2 Å². The first-order valence-corrected chi connectivity index (χ1v) is 11.2. The molecule has 0 bridgehead atoms. The second-order valence-corrected chi connectivity index (χ2v) is 8.44. The van der Waals surface area contributed by atoms with Crippen molar-refractivity contribution in [3.63, 3.8) is 0 Å². The van der Waals surface area contributed by atoms with E-state index >= 15 is 0 Å².